The molecule has 0 atom stereocenters. The number of carbonyl (C=O) groups is 2. The minimum absolute atomic E-state index is 0.0770. The van der Waals surface area contributed by atoms with Crippen LogP contribution in [-0.4, -0.2) is 36.5 Å². The Hall–Kier alpha value is -2.04. The van der Waals surface area contributed by atoms with Gasteiger partial charge in [-0.3, -0.25) is 9.69 Å². The molecule has 0 unspecified atom stereocenters. The molecule has 1 fully saturated rings. The Labute approximate surface area is 112 Å². The van der Waals surface area contributed by atoms with Crippen molar-refractivity contribution in [3.8, 4) is 0 Å². The molecule has 5 nitrogen and oxygen atoms in total. The van der Waals surface area contributed by atoms with Crippen molar-refractivity contribution in [2.24, 2.45) is 0 Å². The van der Waals surface area contributed by atoms with Crippen LogP contribution in [0.1, 0.15) is 18.4 Å². The van der Waals surface area contributed by atoms with E-state index in [1.165, 1.54) is 4.90 Å². The van der Waals surface area contributed by atoms with Crippen LogP contribution in [0, 0.1) is 0 Å². The van der Waals surface area contributed by atoms with Crippen LogP contribution in [-0.2, 0) is 16.1 Å². The van der Waals surface area contributed by atoms with E-state index in [1.807, 2.05) is 30.3 Å². The van der Waals surface area contributed by atoms with Gasteiger partial charge in [0.25, 0.3) is 0 Å². The Kier molecular flexibility index (Phi) is 4.78. The van der Waals surface area contributed by atoms with Crippen LogP contribution < -0.4 is 5.32 Å². The fourth-order valence-corrected chi connectivity index (χ4v) is 1.93. The maximum absolute atomic E-state index is 11.9. The molecule has 19 heavy (non-hydrogen) atoms. The highest BCUT2D eigenvalue weighted by Gasteiger charge is 2.19. The van der Waals surface area contributed by atoms with Gasteiger partial charge in [-0.25, -0.2) is 4.79 Å². The molecular formula is C14H18N2O3. The monoisotopic (exact) mass is 262 g/mol. The summed E-state index contributed by atoms with van der Waals surface area (Å²) in [6, 6.07) is 9.49. The Morgan fingerprint density at radius 3 is 2.84 bits per heavy atom. The Morgan fingerprint density at radius 2 is 2.05 bits per heavy atom. The van der Waals surface area contributed by atoms with Gasteiger partial charge >= 0.3 is 6.09 Å². The number of hydrogen-bond acceptors (Lipinski definition) is 3. The topological polar surface area (TPSA) is 58.6 Å². The fraction of sp³-hybridized carbons (Fsp3) is 0.429. The van der Waals surface area contributed by atoms with Crippen molar-refractivity contribution < 1.29 is 14.3 Å². The molecule has 1 aromatic rings. The molecule has 0 saturated carbocycles. The van der Waals surface area contributed by atoms with Crippen LogP contribution in [0.2, 0.25) is 0 Å². The van der Waals surface area contributed by atoms with E-state index in [-0.39, 0.29) is 19.1 Å². The SMILES string of the molecule is O=C1CN(C(=O)OCc2ccccc2)CCCCN1. The van der Waals surface area contributed by atoms with Crippen molar-refractivity contribution in [2.75, 3.05) is 19.6 Å². The molecule has 0 spiro atoms. The lowest BCUT2D eigenvalue weighted by atomic mass is 10.2. The summed E-state index contributed by atoms with van der Waals surface area (Å²) >= 11 is 0. The van der Waals surface area contributed by atoms with E-state index < -0.39 is 6.09 Å². The van der Waals surface area contributed by atoms with Gasteiger partial charge in [-0.05, 0) is 18.4 Å². The smallest absolute Gasteiger partial charge is 0.410 e. The van der Waals surface area contributed by atoms with Gasteiger partial charge in [0.1, 0.15) is 13.2 Å². The van der Waals surface area contributed by atoms with E-state index in [2.05, 4.69) is 5.32 Å². The summed E-state index contributed by atoms with van der Waals surface area (Å²) in [6.07, 6.45) is 1.33. The Balaban J connectivity index is 1.85. The predicted octanol–water partition coefficient (Wildman–Crippen LogP) is 1.54. The minimum Gasteiger partial charge on any atom is -0.445 e. The van der Waals surface area contributed by atoms with Crippen molar-refractivity contribution in [2.45, 2.75) is 19.4 Å². The molecule has 0 aromatic heterocycles. The van der Waals surface area contributed by atoms with E-state index >= 15 is 0 Å². The predicted molar refractivity (Wildman–Crippen MR) is 70.4 cm³/mol. The summed E-state index contributed by atoms with van der Waals surface area (Å²) in [6.45, 7) is 1.57. The first-order chi connectivity index (χ1) is 9.25. The number of carbonyl (C=O) groups excluding carboxylic acids is 2. The van der Waals surface area contributed by atoms with Gasteiger partial charge in [0.15, 0.2) is 0 Å². The lowest BCUT2D eigenvalue weighted by Crippen LogP contribution is -2.43. The molecule has 2 rings (SSSR count). The van der Waals surface area contributed by atoms with Crippen LogP contribution in [0.25, 0.3) is 0 Å². The van der Waals surface area contributed by atoms with Gasteiger partial charge in [0, 0.05) is 13.1 Å². The van der Waals surface area contributed by atoms with Crippen molar-refractivity contribution in [3.05, 3.63) is 35.9 Å². The van der Waals surface area contributed by atoms with Gasteiger partial charge in [0.2, 0.25) is 5.91 Å². The number of amides is 2. The summed E-state index contributed by atoms with van der Waals surface area (Å²) in [4.78, 5) is 24.8. The second-order valence-electron chi connectivity index (χ2n) is 4.52. The number of hydrogen-bond donors (Lipinski definition) is 1. The number of ether oxygens (including phenoxy) is 1. The second-order valence-corrected chi connectivity index (χ2v) is 4.52. The average Bonchev–Trinajstić information content (AvgIpc) is 2.41. The van der Waals surface area contributed by atoms with E-state index in [1.54, 1.807) is 0 Å². The quantitative estimate of drug-likeness (QED) is 0.879. The van der Waals surface area contributed by atoms with E-state index in [4.69, 9.17) is 4.74 Å². The molecular weight excluding hydrogens is 244 g/mol. The summed E-state index contributed by atoms with van der Waals surface area (Å²) in [5.41, 5.74) is 0.937. The first kappa shape index (κ1) is 13.4. The van der Waals surface area contributed by atoms with Crippen LogP contribution in [0.15, 0.2) is 30.3 Å². The van der Waals surface area contributed by atoms with Crippen LogP contribution in [0.5, 0.6) is 0 Å². The standard InChI is InChI=1S/C14H18N2O3/c17-13-10-16(9-5-4-8-15-13)14(18)19-11-12-6-2-1-3-7-12/h1-3,6-7H,4-5,8-11H2,(H,15,17). The molecule has 1 aliphatic rings. The maximum atomic E-state index is 11.9. The molecule has 0 aliphatic carbocycles. The summed E-state index contributed by atoms with van der Waals surface area (Å²) < 4.78 is 5.22. The van der Waals surface area contributed by atoms with E-state index in [0.717, 1.165) is 18.4 Å². The molecule has 2 amide bonds. The molecule has 1 N–H and O–H groups in total. The highest BCUT2D eigenvalue weighted by Crippen LogP contribution is 2.05. The van der Waals surface area contributed by atoms with Gasteiger partial charge < -0.3 is 10.1 Å². The third-order valence-electron chi connectivity index (χ3n) is 2.97. The summed E-state index contributed by atoms with van der Waals surface area (Å²) in [7, 11) is 0. The first-order valence-corrected chi connectivity index (χ1v) is 6.48. The highest BCUT2D eigenvalue weighted by atomic mass is 16.6. The van der Waals surface area contributed by atoms with Crippen molar-refractivity contribution >= 4 is 12.0 Å². The van der Waals surface area contributed by atoms with Crippen molar-refractivity contribution in [1.29, 1.82) is 0 Å². The molecule has 5 heteroatoms. The molecule has 102 valence electrons. The lowest BCUT2D eigenvalue weighted by Gasteiger charge is -2.23. The normalized spacial score (nSPS) is 16.2. The maximum Gasteiger partial charge on any atom is 0.410 e. The molecule has 0 radical (unpaired) electrons. The van der Waals surface area contributed by atoms with Crippen LogP contribution in [0.3, 0.4) is 0 Å². The van der Waals surface area contributed by atoms with Crippen LogP contribution in [0.4, 0.5) is 4.79 Å². The van der Waals surface area contributed by atoms with Gasteiger partial charge in [0.05, 0.1) is 0 Å². The molecule has 0 bridgehead atoms. The number of nitrogens with zero attached hydrogens (tertiary/aromatic N) is 1. The van der Waals surface area contributed by atoms with E-state index in [0.29, 0.717) is 13.1 Å². The lowest BCUT2D eigenvalue weighted by molar-refractivity contribution is -0.122. The van der Waals surface area contributed by atoms with Crippen LogP contribution >= 0.6 is 0 Å². The third-order valence-corrected chi connectivity index (χ3v) is 2.97. The molecule has 1 saturated heterocycles. The highest BCUT2D eigenvalue weighted by molar-refractivity contribution is 5.82. The number of nitrogens with one attached hydrogen (secondary N) is 1. The summed E-state index contributed by atoms with van der Waals surface area (Å²) in [5, 5.41) is 2.75. The Bertz CT molecular complexity index is 434. The Morgan fingerprint density at radius 1 is 1.26 bits per heavy atom. The third kappa shape index (κ3) is 4.28. The molecule has 1 aliphatic heterocycles. The summed E-state index contributed by atoms with van der Waals surface area (Å²) in [5.74, 6) is -0.128. The van der Waals surface area contributed by atoms with E-state index in [9.17, 15) is 9.59 Å². The second kappa shape index (κ2) is 6.78. The van der Waals surface area contributed by atoms with Gasteiger partial charge in [-0.15, -0.1) is 0 Å². The zero-order valence-corrected chi connectivity index (χ0v) is 10.8. The van der Waals surface area contributed by atoms with Gasteiger partial charge in [-0.2, -0.15) is 0 Å². The largest absolute Gasteiger partial charge is 0.445 e. The minimum atomic E-state index is -0.430. The zero-order chi connectivity index (χ0) is 13.5. The zero-order valence-electron chi connectivity index (χ0n) is 10.8. The van der Waals surface area contributed by atoms with Crippen molar-refractivity contribution in [3.63, 3.8) is 0 Å². The first-order valence-electron chi connectivity index (χ1n) is 6.48. The molecule has 1 heterocycles. The number of rotatable bonds is 2. The molecule has 1 aromatic carbocycles. The van der Waals surface area contributed by atoms with Gasteiger partial charge in [-0.1, -0.05) is 30.3 Å². The number of benzene rings is 1. The van der Waals surface area contributed by atoms with Crippen molar-refractivity contribution in [1.82, 2.24) is 10.2 Å². The average molecular weight is 262 g/mol. The fourth-order valence-electron chi connectivity index (χ4n) is 1.93.